The van der Waals surface area contributed by atoms with Gasteiger partial charge in [-0.15, -0.1) is 0 Å². The van der Waals surface area contributed by atoms with Gasteiger partial charge in [0.1, 0.15) is 18.1 Å². The summed E-state index contributed by atoms with van der Waals surface area (Å²) in [7, 11) is 0. The van der Waals surface area contributed by atoms with E-state index in [1.54, 1.807) is 19.1 Å². The van der Waals surface area contributed by atoms with Crippen molar-refractivity contribution in [1.29, 1.82) is 0 Å². The fourth-order valence-electron chi connectivity index (χ4n) is 1.58. The molecule has 0 fully saturated rings. The Labute approximate surface area is 113 Å². The Bertz CT molecular complexity index is 438. The predicted octanol–water partition coefficient (Wildman–Crippen LogP) is 2.49. The molecule has 0 amide bonds. The van der Waals surface area contributed by atoms with Crippen LogP contribution in [0.1, 0.15) is 25.8 Å². The zero-order valence-corrected chi connectivity index (χ0v) is 11.4. The third kappa shape index (κ3) is 5.14. The Morgan fingerprint density at radius 1 is 1.53 bits per heavy atom. The van der Waals surface area contributed by atoms with E-state index in [9.17, 15) is 9.90 Å². The summed E-state index contributed by atoms with van der Waals surface area (Å²) in [6.07, 6.45) is 2.41. The summed E-state index contributed by atoms with van der Waals surface area (Å²) < 4.78 is 10.6. The van der Waals surface area contributed by atoms with Crippen molar-refractivity contribution in [3.63, 3.8) is 0 Å². The Morgan fingerprint density at radius 2 is 2.26 bits per heavy atom. The van der Waals surface area contributed by atoms with E-state index < -0.39 is 12.1 Å². The summed E-state index contributed by atoms with van der Waals surface area (Å²) in [4.78, 5) is 11.1. The monoisotopic (exact) mass is 264 g/mol. The van der Waals surface area contributed by atoms with Crippen molar-refractivity contribution in [3.8, 4) is 11.5 Å². The normalized spacial score (nSPS) is 11.7. The average Bonchev–Trinajstić information content (AvgIpc) is 2.38. The zero-order valence-electron chi connectivity index (χ0n) is 11.4. The van der Waals surface area contributed by atoms with Gasteiger partial charge in [-0.05, 0) is 25.0 Å². The number of benzene rings is 1. The first-order valence-corrected chi connectivity index (χ1v) is 6.34. The second-order valence-electron chi connectivity index (χ2n) is 4.30. The molecule has 0 spiro atoms. The molecule has 0 aliphatic rings. The lowest BCUT2D eigenvalue weighted by Crippen LogP contribution is -2.14. The van der Waals surface area contributed by atoms with Crippen molar-refractivity contribution >= 4 is 5.97 Å². The lowest BCUT2D eigenvalue weighted by Gasteiger charge is -2.13. The van der Waals surface area contributed by atoms with Crippen LogP contribution in [-0.4, -0.2) is 23.8 Å². The molecule has 1 unspecified atom stereocenters. The standard InChI is InChI=1S/C15H20O4/c1-4-6-12-7-8-13(19-15(17)5-2)9-14(12)18-10-11(3)16/h5,7-9,11,16H,2,4,6,10H2,1,3H3. The minimum absolute atomic E-state index is 0.204. The van der Waals surface area contributed by atoms with Crippen LogP contribution in [0.25, 0.3) is 0 Å². The predicted molar refractivity (Wildman–Crippen MR) is 73.4 cm³/mol. The Balaban J connectivity index is 2.89. The van der Waals surface area contributed by atoms with E-state index in [-0.39, 0.29) is 6.61 Å². The van der Waals surface area contributed by atoms with Gasteiger partial charge in [0.2, 0.25) is 0 Å². The highest BCUT2D eigenvalue weighted by Gasteiger charge is 2.08. The number of aliphatic hydroxyl groups excluding tert-OH is 1. The quantitative estimate of drug-likeness (QED) is 0.467. The van der Waals surface area contributed by atoms with Gasteiger partial charge in [0.25, 0.3) is 0 Å². The summed E-state index contributed by atoms with van der Waals surface area (Å²) >= 11 is 0. The first-order chi connectivity index (χ1) is 9.06. The van der Waals surface area contributed by atoms with E-state index in [1.165, 1.54) is 0 Å². The zero-order chi connectivity index (χ0) is 14.3. The number of aliphatic hydroxyl groups is 1. The fraction of sp³-hybridized carbons (Fsp3) is 0.400. The van der Waals surface area contributed by atoms with Gasteiger partial charge < -0.3 is 14.6 Å². The van der Waals surface area contributed by atoms with Gasteiger partial charge in [-0.2, -0.15) is 0 Å². The molecule has 0 radical (unpaired) electrons. The molecule has 1 aromatic rings. The van der Waals surface area contributed by atoms with Crippen molar-refractivity contribution < 1.29 is 19.4 Å². The molecule has 104 valence electrons. The second kappa shape index (κ2) is 7.59. The van der Waals surface area contributed by atoms with Crippen LogP contribution in [0.15, 0.2) is 30.9 Å². The maximum Gasteiger partial charge on any atom is 0.335 e. The molecular formula is C15H20O4. The van der Waals surface area contributed by atoms with Crippen molar-refractivity contribution in [1.82, 2.24) is 0 Å². The Morgan fingerprint density at radius 3 is 2.84 bits per heavy atom. The van der Waals surface area contributed by atoms with Crippen LogP contribution in [0.4, 0.5) is 0 Å². The molecule has 0 saturated carbocycles. The third-order valence-corrected chi connectivity index (χ3v) is 2.42. The van der Waals surface area contributed by atoms with Gasteiger partial charge in [-0.1, -0.05) is 26.0 Å². The number of carbonyl (C=O) groups is 1. The van der Waals surface area contributed by atoms with Crippen molar-refractivity contribution in [2.45, 2.75) is 32.8 Å². The van der Waals surface area contributed by atoms with Gasteiger partial charge in [0.15, 0.2) is 0 Å². The number of esters is 1. The third-order valence-electron chi connectivity index (χ3n) is 2.42. The minimum Gasteiger partial charge on any atom is -0.490 e. The number of hydrogen-bond donors (Lipinski definition) is 1. The van der Waals surface area contributed by atoms with Crippen LogP contribution in [0.5, 0.6) is 11.5 Å². The molecule has 0 aliphatic carbocycles. The topological polar surface area (TPSA) is 55.8 Å². The van der Waals surface area contributed by atoms with E-state index in [0.717, 1.165) is 24.5 Å². The Kier molecular flexibility index (Phi) is 6.09. The highest BCUT2D eigenvalue weighted by Crippen LogP contribution is 2.26. The minimum atomic E-state index is -0.547. The molecule has 4 nitrogen and oxygen atoms in total. The first-order valence-electron chi connectivity index (χ1n) is 6.34. The summed E-state index contributed by atoms with van der Waals surface area (Å²) in [5.41, 5.74) is 1.03. The molecule has 0 saturated heterocycles. The van der Waals surface area contributed by atoms with Crippen LogP contribution in [0, 0.1) is 0 Å². The molecule has 1 aromatic carbocycles. The van der Waals surface area contributed by atoms with Crippen LogP contribution in [0.3, 0.4) is 0 Å². The number of aryl methyl sites for hydroxylation is 1. The van der Waals surface area contributed by atoms with E-state index in [1.807, 2.05) is 6.07 Å². The van der Waals surface area contributed by atoms with Crippen LogP contribution >= 0.6 is 0 Å². The van der Waals surface area contributed by atoms with Crippen molar-refractivity contribution in [2.75, 3.05) is 6.61 Å². The molecule has 0 heterocycles. The van der Waals surface area contributed by atoms with Gasteiger partial charge in [0, 0.05) is 12.1 Å². The van der Waals surface area contributed by atoms with Crippen molar-refractivity contribution in [2.24, 2.45) is 0 Å². The number of carbonyl (C=O) groups excluding carboxylic acids is 1. The molecule has 1 N–H and O–H groups in total. The maximum atomic E-state index is 11.1. The number of rotatable bonds is 7. The molecule has 0 aliphatic heterocycles. The van der Waals surface area contributed by atoms with Crippen LogP contribution < -0.4 is 9.47 Å². The van der Waals surface area contributed by atoms with Gasteiger partial charge >= 0.3 is 5.97 Å². The van der Waals surface area contributed by atoms with Gasteiger partial charge in [0.05, 0.1) is 6.10 Å². The highest BCUT2D eigenvalue weighted by molar-refractivity contribution is 5.83. The van der Waals surface area contributed by atoms with Gasteiger partial charge in [-0.25, -0.2) is 4.79 Å². The second-order valence-corrected chi connectivity index (χ2v) is 4.30. The maximum absolute atomic E-state index is 11.1. The van der Waals surface area contributed by atoms with E-state index in [4.69, 9.17) is 9.47 Å². The number of ether oxygens (including phenoxy) is 2. The highest BCUT2D eigenvalue weighted by atomic mass is 16.5. The van der Waals surface area contributed by atoms with Crippen LogP contribution in [-0.2, 0) is 11.2 Å². The fourth-order valence-corrected chi connectivity index (χ4v) is 1.58. The molecule has 1 atom stereocenters. The summed E-state index contributed by atoms with van der Waals surface area (Å²) in [6, 6.07) is 5.25. The summed E-state index contributed by atoms with van der Waals surface area (Å²) in [5, 5.41) is 9.26. The first kappa shape index (κ1) is 15.2. The van der Waals surface area contributed by atoms with E-state index in [2.05, 4.69) is 13.5 Å². The van der Waals surface area contributed by atoms with Crippen molar-refractivity contribution in [3.05, 3.63) is 36.4 Å². The molecule has 0 aromatic heterocycles. The van der Waals surface area contributed by atoms with Crippen LogP contribution in [0.2, 0.25) is 0 Å². The molecule has 1 rings (SSSR count). The number of hydrogen-bond acceptors (Lipinski definition) is 4. The lowest BCUT2D eigenvalue weighted by molar-refractivity contribution is -0.128. The molecule has 19 heavy (non-hydrogen) atoms. The Hall–Kier alpha value is -1.81. The molecule has 0 bridgehead atoms. The average molecular weight is 264 g/mol. The smallest absolute Gasteiger partial charge is 0.335 e. The summed E-state index contributed by atoms with van der Waals surface area (Å²) in [5.74, 6) is 0.534. The lowest BCUT2D eigenvalue weighted by atomic mass is 10.1. The molecule has 4 heteroatoms. The summed E-state index contributed by atoms with van der Waals surface area (Å²) in [6.45, 7) is 7.28. The largest absolute Gasteiger partial charge is 0.490 e. The SMILES string of the molecule is C=CC(=O)Oc1ccc(CCC)c(OCC(C)O)c1. The van der Waals surface area contributed by atoms with E-state index >= 15 is 0 Å². The van der Waals surface area contributed by atoms with E-state index in [0.29, 0.717) is 11.5 Å². The van der Waals surface area contributed by atoms with Gasteiger partial charge in [-0.3, -0.25) is 0 Å². The molecular weight excluding hydrogens is 244 g/mol.